The van der Waals surface area contributed by atoms with E-state index in [1.54, 1.807) is 51.4 Å². The van der Waals surface area contributed by atoms with Crippen molar-refractivity contribution >= 4 is 0 Å². The topological polar surface area (TPSA) is 0 Å². The zero-order valence-corrected chi connectivity index (χ0v) is 10.1. The fraction of sp³-hybridized carbons (Fsp3) is 1.00. The summed E-state index contributed by atoms with van der Waals surface area (Å²) >= 11 is 0. The summed E-state index contributed by atoms with van der Waals surface area (Å²) in [5, 5.41) is 0. The van der Waals surface area contributed by atoms with Gasteiger partial charge in [0, 0.05) is 0 Å². The van der Waals surface area contributed by atoms with Gasteiger partial charge in [-0.15, -0.1) is 0 Å². The Morgan fingerprint density at radius 3 is 1.60 bits per heavy atom. The molecule has 0 bridgehead atoms. The van der Waals surface area contributed by atoms with Crippen LogP contribution in [-0.4, -0.2) is 0 Å². The monoisotopic (exact) mass is 206 g/mol. The second-order valence-corrected chi connectivity index (χ2v) is 6.52. The first-order chi connectivity index (χ1) is 7.42. The van der Waals surface area contributed by atoms with E-state index in [0.717, 1.165) is 17.8 Å². The van der Waals surface area contributed by atoms with E-state index in [9.17, 15) is 0 Å². The van der Waals surface area contributed by atoms with Crippen LogP contribution in [0.2, 0.25) is 0 Å². The summed E-state index contributed by atoms with van der Waals surface area (Å²) in [6.07, 6.45) is 17.2. The lowest BCUT2D eigenvalue weighted by atomic mass is 9.75. The summed E-state index contributed by atoms with van der Waals surface area (Å²) in [6, 6.07) is 0. The van der Waals surface area contributed by atoms with E-state index < -0.39 is 0 Å². The van der Waals surface area contributed by atoms with Crippen LogP contribution in [0.25, 0.3) is 0 Å². The summed E-state index contributed by atoms with van der Waals surface area (Å²) in [5.41, 5.74) is 0. The minimum atomic E-state index is 1.13. The largest absolute Gasteiger partial charge is 0.0530 e. The van der Waals surface area contributed by atoms with Gasteiger partial charge >= 0.3 is 0 Å². The van der Waals surface area contributed by atoms with Crippen LogP contribution in [0.3, 0.4) is 0 Å². The van der Waals surface area contributed by atoms with Crippen molar-refractivity contribution in [1.29, 1.82) is 0 Å². The Labute approximate surface area is 94.8 Å². The van der Waals surface area contributed by atoms with Crippen LogP contribution < -0.4 is 0 Å². The number of rotatable bonds is 5. The molecule has 1 atom stereocenters. The first-order valence-electron chi connectivity index (χ1n) is 7.42. The molecule has 86 valence electrons. The van der Waals surface area contributed by atoms with E-state index in [-0.39, 0.29) is 0 Å². The first kappa shape index (κ1) is 10.2. The molecule has 0 aromatic rings. The van der Waals surface area contributed by atoms with E-state index in [4.69, 9.17) is 0 Å². The minimum absolute atomic E-state index is 1.13. The zero-order chi connectivity index (χ0) is 10.1. The highest BCUT2D eigenvalue weighted by Gasteiger charge is 2.35. The summed E-state index contributed by atoms with van der Waals surface area (Å²) in [4.78, 5) is 0. The molecular formula is C15H26. The van der Waals surface area contributed by atoms with Gasteiger partial charge in [-0.05, 0) is 49.4 Å². The van der Waals surface area contributed by atoms with Gasteiger partial charge in [0.1, 0.15) is 0 Å². The Balaban J connectivity index is 1.48. The lowest BCUT2D eigenvalue weighted by molar-refractivity contribution is 0.209. The van der Waals surface area contributed by atoms with Crippen LogP contribution in [0.15, 0.2) is 0 Å². The van der Waals surface area contributed by atoms with Crippen molar-refractivity contribution in [3.8, 4) is 0 Å². The summed E-state index contributed by atoms with van der Waals surface area (Å²) in [7, 11) is 0. The molecule has 0 aromatic heterocycles. The van der Waals surface area contributed by atoms with Crippen molar-refractivity contribution in [2.75, 3.05) is 0 Å². The van der Waals surface area contributed by atoms with Gasteiger partial charge in [0.25, 0.3) is 0 Å². The van der Waals surface area contributed by atoms with Gasteiger partial charge in [0.05, 0.1) is 0 Å². The van der Waals surface area contributed by atoms with Gasteiger partial charge < -0.3 is 0 Å². The summed E-state index contributed by atoms with van der Waals surface area (Å²) < 4.78 is 0. The smallest absolute Gasteiger partial charge is 0.0381 e. The van der Waals surface area contributed by atoms with Crippen LogP contribution >= 0.6 is 0 Å². The van der Waals surface area contributed by atoms with E-state index in [0.29, 0.717) is 0 Å². The second kappa shape index (κ2) is 4.47. The molecule has 0 nitrogen and oxygen atoms in total. The molecule has 1 unspecified atom stereocenters. The van der Waals surface area contributed by atoms with Crippen LogP contribution in [0, 0.1) is 23.7 Å². The molecule has 3 fully saturated rings. The van der Waals surface area contributed by atoms with Crippen LogP contribution in [0.5, 0.6) is 0 Å². The highest BCUT2D eigenvalue weighted by atomic mass is 14.4. The molecule has 3 aliphatic carbocycles. The Morgan fingerprint density at radius 2 is 1.20 bits per heavy atom. The fourth-order valence-electron chi connectivity index (χ4n) is 3.88. The molecule has 0 heterocycles. The van der Waals surface area contributed by atoms with Crippen molar-refractivity contribution < 1.29 is 0 Å². The molecule has 0 spiro atoms. The summed E-state index contributed by atoms with van der Waals surface area (Å²) in [6.45, 7) is 0. The molecule has 0 saturated heterocycles. The molecule has 3 aliphatic rings. The molecule has 3 rings (SSSR count). The van der Waals surface area contributed by atoms with E-state index in [1.165, 1.54) is 25.2 Å². The van der Waals surface area contributed by atoms with Gasteiger partial charge in [-0.25, -0.2) is 0 Å². The average Bonchev–Trinajstić information content (AvgIpc) is 2.89. The predicted molar refractivity (Wildman–Crippen MR) is 64.7 cm³/mol. The van der Waals surface area contributed by atoms with Crippen LogP contribution in [0.1, 0.15) is 70.6 Å². The lowest BCUT2D eigenvalue weighted by Crippen LogP contribution is -2.19. The third-order valence-electron chi connectivity index (χ3n) is 5.26. The Hall–Kier alpha value is 0. The van der Waals surface area contributed by atoms with Crippen molar-refractivity contribution in [2.45, 2.75) is 70.6 Å². The maximum Gasteiger partial charge on any atom is -0.0381 e. The minimum Gasteiger partial charge on any atom is -0.0530 e. The maximum atomic E-state index is 1.61. The lowest BCUT2D eigenvalue weighted by Gasteiger charge is -2.31. The van der Waals surface area contributed by atoms with E-state index in [2.05, 4.69) is 0 Å². The number of hydrogen-bond donors (Lipinski definition) is 0. The molecule has 0 amide bonds. The third kappa shape index (κ3) is 2.57. The molecule has 15 heavy (non-hydrogen) atoms. The molecule has 3 saturated carbocycles. The van der Waals surface area contributed by atoms with Crippen LogP contribution in [0.4, 0.5) is 0 Å². The molecular weight excluding hydrogens is 180 g/mol. The van der Waals surface area contributed by atoms with Gasteiger partial charge in [-0.2, -0.15) is 0 Å². The van der Waals surface area contributed by atoms with Gasteiger partial charge in [0.15, 0.2) is 0 Å². The molecule has 0 heteroatoms. The normalized spacial score (nSPS) is 30.4. The standard InChI is InChI=1S/C15H26/c1-2-5-12(4-1)10-15(14-8-9-14)11-13-6-3-7-13/h12-15H,1-11H2. The predicted octanol–water partition coefficient (Wildman–Crippen LogP) is 4.78. The zero-order valence-electron chi connectivity index (χ0n) is 10.1. The molecule has 0 radical (unpaired) electrons. The van der Waals surface area contributed by atoms with Crippen molar-refractivity contribution in [1.82, 2.24) is 0 Å². The Morgan fingerprint density at radius 1 is 0.667 bits per heavy atom. The highest BCUT2D eigenvalue weighted by molar-refractivity contribution is 4.86. The fourth-order valence-corrected chi connectivity index (χ4v) is 3.88. The SMILES string of the molecule is C1CCC(CC(CC2CCC2)C2CC2)C1. The highest BCUT2D eigenvalue weighted by Crippen LogP contribution is 2.47. The molecule has 0 aromatic carbocycles. The summed E-state index contributed by atoms with van der Waals surface area (Å²) in [5.74, 6) is 4.61. The quantitative estimate of drug-likeness (QED) is 0.607. The first-order valence-corrected chi connectivity index (χ1v) is 7.42. The third-order valence-corrected chi connectivity index (χ3v) is 5.26. The molecule has 0 aliphatic heterocycles. The van der Waals surface area contributed by atoms with Crippen LogP contribution in [-0.2, 0) is 0 Å². The van der Waals surface area contributed by atoms with Gasteiger partial charge in [-0.3, -0.25) is 0 Å². The van der Waals surface area contributed by atoms with Crippen molar-refractivity contribution in [3.05, 3.63) is 0 Å². The maximum absolute atomic E-state index is 1.61. The van der Waals surface area contributed by atoms with Crippen molar-refractivity contribution in [3.63, 3.8) is 0 Å². The number of hydrogen-bond acceptors (Lipinski definition) is 0. The average molecular weight is 206 g/mol. The van der Waals surface area contributed by atoms with Gasteiger partial charge in [-0.1, -0.05) is 44.9 Å². The Bertz CT molecular complexity index is 194. The van der Waals surface area contributed by atoms with E-state index in [1.807, 2.05) is 0 Å². The van der Waals surface area contributed by atoms with Crippen molar-refractivity contribution in [2.24, 2.45) is 23.7 Å². The second-order valence-electron chi connectivity index (χ2n) is 6.52. The van der Waals surface area contributed by atoms with E-state index >= 15 is 0 Å². The molecule has 0 N–H and O–H groups in total. The Kier molecular flexibility index (Phi) is 3.03. The van der Waals surface area contributed by atoms with Gasteiger partial charge in [0.2, 0.25) is 0 Å².